The average Bonchev–Trinajstić information content (AvgIpc) is 2.63. The Morgan fingerprint density at radius 2 is 2.29 bits per heavy atom. The lowest BCUT2D eigenvalue weighted by molar-refractivity contribution is 0.969. The first-order valence-electron chi connectivity index (χ1n) is 4.77. The lowest BCUT2D eigenvalue weighted by atomic mass is 10.2. The fourth-order valence-corrected chi connectivity index (χ4v) is 2.79. The van der Waals surface area contributed by atoms with E-state index in [4.69, 9.17) is 11.1 Å². The van der Waals surface area contributed by atoms with Gasteiger partial charge in [-0.05, 0) is 52.8 Å². The minimum Gasteiger partial charge on any atom is -0.384 e. The van der Waals surface area contributed by atoms with Gasteiger partial charge in [-0.15, -0.1) is 5.10 Å². The number of nitrogen functional groups attached to an aromatic ring is 1. The molecule has 0 atom stereocenters. The van der Waals surface area contributed by atoms with E-state index in [9.17, 15) is 0 Å². The van der Waals surface area contributed by atoms with Crippen molar-refractivity contribution in [2.24, 2.45) is 5.73 Å². The Morgan fingerprint density at radius 3 is 2.82 bits per heavy atom. The zero-order valence-corrected chi connectivity index (χ0v) is 11.4. The Bertz CT molecular complexity index is 566. The van der Waals surface area contributed by atoms with Gasteiger partial charge in [0.1, 0.15) is 11.7 Å². The Labute approximate surface area is 111 Å². The zero-order valence-electron chi connectivity index (χ0n) is 8.99. The van der Waals surface area contributed by atoms with E-state index in [2.05, 4.69) is 31.1 Å². The molecule has 88 valence electrons. The maximum Gasteiger partial charge on any atom is 0.213 e. The van der Waals surface area contributed by atoms with Crippen LogP contribution in [0.1, 0.15) is 11.4 Å². The molecule has 0 saturated carbocycles. The van der Waals surface area contributed by atoms with Crippen LogP contribution >= 0.6 is 27.7 Å². The molecule has 2 aromatic rings. The van der Waals surface area contributed by atoms with Crippen molar-refractivity contribution in [3.63, 3.8) is 0 Å². The van der Waals surface area contributed by atoms with Crippen LogP contribution in [0.3, 0.4) is 0 Å². The third-order valence-electron chi connectivity index (χ3n) is 2.02. The summed E-state index contributed by atoms with van der Waals surface area (Å²) in [5.74, 6) is 0.828. The van der Waals surface area contributed by atoms with Gasteiger partial charge in [0.25, 0.3) is 0 Å². The van der Waals surface area contributed by atoms with Gasteiger partial charge in [0.15, 0.2) is 0 Å². The first-order chi connectivity index (χ1) is 8.06. The molecule has 5 nitrogen and oxygen atoms in total. The summed E-state index contributed by atoms with van der Waals surface area (Å²) in [4.78, 5) is 5.19. The van der Waals surface area contributed by atoms with Gasteiger partial charge in [0.05, 0.1) is 0 Å². The number of H-pyrrole nitrogens is 1. The Hall–Kier alpha value is -1.34. The fraction of sp³-hybridized carbons (Fsp3) is 0.100. The number of nitrogens with two attached hydrogens (primary N) is 1. The van der Waals surface area contributed by atoms with E-state index in [1.807, 2.05) is 19.1 Å². The first-order valence-corrected chi connectivity index (χ1v) is 6.38. The number of aromatic amines is 1. The molecule has 1 heterocycles. The lowest BCUT2D eigenvalue weighted by Gasteiger charge is -2.04. The smallest absolute Gasteiger partial charge is 0.213 e. The summed E-state index contributed by atoms with van der Waals surface area (Å²) in [7, 11) is 0. The second kappa shape index (κ2) is 4.89. The van der Waals surface area contributed by atoms with Crippen molar-refractivity contribution < 1.29 is 0 Å². The SMILES string of the molecule is Cc1nc(Sc2ccc(C(=N)N)c(Br)c2)n[nH]1. The van der Waals surface area contributed by atoms with E-state index in [0.717, 1.165) is 15.2 Å². The van der Waals surface area contributed by atoms with E-state index in [-0.39, 0.29) is 5.84 Å². The third kappa shape index (κ3) is 2.86. The Morgan fingerprint density at radius 1 is 1.53 bits per heavy atom. The van der Waals surface area contributed by atoms with Crippen LogP contribution in [0.5, 0.6) is 0 Å². The van der Waals surface area contributed by atoms with Crippen LogP contribution in [0.25, 0.3) is 0 Å². The van der Waals surface area contributed by atoms with Crippen molar-refractivity contribution in [3.8, 4) is 0 Å². The molecule has 0 aliphatic carbocycles. The van der Waals surface area contributed by atoms with Crippen molar-refractivity contribution in [3.05, 3.63) is 34.1 Å². The molecule has 0 spiro atoms. The molecule has 1 aromatic carbocycles. The standard InChI is InChI=1S/C10H10BrN5S/c1-5-14-10(16-15-5)17-6-2-3-7(9(12)13)8(11)4-6/h2-4H,1H3,(H3,12,13)(H,14,15,16). The summed E-state index contributed by atoms with van der Waals surface area (Å²) >= 11 is 4.83. The van der Waals surface area contributed by atoms with E-state index in [1.165, 1.54) is 11.8 Å². The van der Waals surface area contributed by atoms with Crippen molar-refractivity contribution in [2.75, 3.05) is 0 Å². The van der Waals surface area contributed by atoms with Crippen molar-refractivity contribution in [1.29, 1.82) is 5.41 Å². The number of rotatable bonds is 3. The maximum atomic E-state index is 7.38. The number of aromatic nitrogens is 3. The van der Waals surface area contributed by atoms with E-state index >= 15 is 0 Å². The quantitative estimate of drug-likeness (QED) is 0.599. The topological polar surface area (TPSA) is 91.4 Å². The van der Waals surface area contributed by atoms with Crippen LogP contribution in [0.15, 0.2) is 32.7 Å². The first kappa shape index (κ1) is 12.1. The summed E-state index contributed by atoms with van der Waals surface area (Å²) in [6, 6.07) is 5.58. The van der Waals surface area contributed by atoms with Crippen molar-refractivity contribution in [1.82, 2.24) is 15.2 Å². The van der Waals surface area contributed by atoms with Crippen LogP contribution in [-0.4, -0.2) is 21.0 Å². The summed E-state index contributed by atoms with van der Waals surface area (Å²) in [5, 5.41) is 14.9. The summed E-state index contributed by atoms with van der Waals surface area (Å²) in [6.45, 7) is 1.85. The summed E-state index contributed by atoms with van der Waals surface area (Å²) < 4.78 is 0.794. The highest BCUT2D eigenvalue weighted by molar-refractivity contribution is 9.10. The lowest BCUT2D eigenvalue weighted by Crippen LogP contribution is -2.11. The molecule has 0 unspecified atom stereocenters. The van der Waals surface area contributed by atoms with Gasteiger partial charge in [-0.25, -0.2) is 4.98 Å². The van der Waals surface area contributed by atoms with Crippen LogP contribution in [0, 0.1) is 12.3 Å². The monoisotopic (exact) mass is 311 g/mol. The highest BCUT2D eigenvalue weighted by Gasteiger charge is 2.07. The fourth-order valence-electron chi connectivity index (χ4n) is 1.25. The number of halogens is 1. The number of hydrogen-bond donors (Lipinski definition) is 3. The number of nitrogens with one attached hydrogen (secondary N) is 2. The van der Waals surface area contributed by atoms with Crippen molar-refractivity contribution in [2.45, 2.75) is 17.0 Å². The highest BCUT2D eigenvalue weighted by Crippen LogP contribution is 2.28. The van der Waals surface area contributed by atoms with Gasteiger partial charge in [-0.1, -0.05) is 0 Å². The maximum absolute atomic E-state index is 7.38. The number of benzene rings is 1. The zero-order chi connectivity index (χ0) is 12.4. The molecule has 0 amide bonds. The second-order valence-electron chi connectivity index (χ2n) is 3.36. The molecule has 2 rings (SSSR count). The van der Waals surface area contributed by atoms with Crippen molar-refractivity contribution >= 4 is 33.5 Å². The molecule has 0 aliphatic heterocycles. The molecule has 0 saturated heterocycles. The molecule has 7 heteroatoms. The highest BCUT2D eigenvalue weighted by atomic mass is 79.9. The largest absolute Gasteiger partial charge is 0.384 e. The number of nitrogens with zero attached hydrogens (tertiary/aromatic N) is 2. The molecule has 17 heavy (non-hydrogen) atoms. The predicted molar refractivity (Wildman–Crippen MR) is 70.4 cm³/mol. The minimum absolute atomic E-state index is 0.0437. The molecule has 0 radical (unpaired) electrons. The second-order valence-corrected chi connectivity index (χ2v) is 5.26. The Kier molecular flexibility index (Phi) is 3.49. The van der Waals surface area contributed by atoms with E-state index in [0.29, 0.717) is 10.7 Å². The molecule has 0 aliphatic rings. The Balaban J connectivity index is 2.23. The van der Waals surface area contributed by atoms with Gasteiger partial charge < -0.3 is 5.73 Å². The molecule has 0 fully saturated rings. The minimum atomic E-state index is 0.0437. The molecule has 1 aromatic heterocycles. The molecule has 4 N–H and O–H groups in total. The van der Waals surface area contributed by atoms with Gasteiger partial charge in [0.2, 0.25) is 5.16 Å². The molecular formula is C10H10BrN5S. The number of aryl methyl sites for hydroxylation is 1. The van der Waals surface area contributed by atoms with Crippen LogP contribution in [0.4, 0.5) is 0 Å². The van der Waals surface area contributed by atoms with Crippen LogP contribution in [0.2, 0.25) is 0 Å². The van der Waals surface area contributed by atoms with E-state index in [1.54, 1.807) is 6.07 Å². The predicted octanol–water partition coefficient (Wildman–Crippen LogP) is 2.31. The van der Waals surface area contributed by atoms with Gasteiger partial charge in [0, 0.05) is 14.9 Å². The molecular weight excluding hydrogens is 302 g/mol. The number of amidine groups is 1. The van der Waals surface area contributed by atoms with Gasteiger partial charge in [-0.2, -0.15) is 0 Å². The third-order valence-corrected chi connectivity index (χ3v) is 3.53. The van der Waals surface area contributed by atoms with Crippen LogP contribution < -0.4 is 5.73 Å². The van der Waals surface area contributed by atoms with Gasteiger partial charge >= 0.3 is 0 Å². The average molecular weight is 312 g/mol. The summed E-state index contributed by atoms with van der Waals surface area (Å²) in [5.41, 5.74) is 6.12. The van der Waals surface area contributed by atoms with Crippen LogP contribution in [-0.2, 0) is 0 Å². The van der Waals surface area contributed by atoms with Gasteiger partial charge in [-0.3, -0.25) is 10.5 Å². The normalized spacial score (nSPS) is 10.5. The molecule has 0 bridgehead atoms. The number of hydrogen-bond acceptors (Lipinski definition) is 4. The summed E-state index contributed by atoms with van der Waals surface area (Å²) in [6.07, 6.45) is 0. The van der Waals surface area contributed by atoms with E-state index < -0.39 is 0 Å².